The molecule has 0 aromatic carbocycles. The predicted octanol–water partition coefficient (Wildman–Crippen LogP) is 1.32. The van der Waals surface area contributed by atoms with Crippen LogP contribution in [0.3, 0.4) is 0 Å². The van der Waals surface area contributed by atoms with Crippen LogP contribution < -0.4 is 0 Å². The van der Waals surface area contributed by atoms with E-state index in [1.54, 1.807) is 23.3 Å². The average Bonchev–Trinajstić information content (AvgIpc) is 2.68. The molecular formula is C11H16N2O3S. The van der Waals surface area contributed by atoms with Crippen molar-refractivity contribution in [1.29, 1.82) is 0 Å². The molecule has 6 heteroatoms. The Morgan fingerprint density at radius 1 is 1.47 bits per heavy atom. The molecule has 0 saturated heterocycles. The lowest BCUT2D eigenvalue weighted by Gasteiger charge is -2.15. The molecule has 0 bridgehead atoms. The first-order valence-electron chi connectivity index (χ1n) is 5.36. The number of carboxylic acid groups (broad SMARTS) is 1. The predicted molar refractivity (Wildman–Crippen MR) is 65.1 cm³/mol. The van der Waals surface area contributed by atoms with E-state index in [9.17, 15) is 9.59 Å². The lowest BCUT2D eigenvalue weighted by Crippen LogP contribution is -2.29. The van der Waals surface area contributed by atoms with Crippen molar-refractivity contribution >= 4 is 23.2 Å². The summed E-state index contributed by atoms with van der Waals surface area (Å²) in [6.07, 6.45) is 2.47. The highest BCUT2D eigenvalue weighted by atomic mass is 32.1. The van der Waals surface area contributed by atoms with Gasteiger partial charge < -0.3 is 10.0 Å². The highest BCUT2D eigenvalue weighted by Crippen LogP contribution is 2.12. The fourth-order valence-electron chi connectivity index (χ4n) is 1.31. The van der Waals surface area contributed by atoms with E-state index < -0.39 is 5.97 Å². The van der Waals surface area contributed by atoms with Crippen LogP contribution in [0.1, 0.15) is 22.7 Å². The second-order valence-electron chi connectivity index (χ2n) is 3.82. The summed E-state index contributed by atoms with van der Waals surface area (Å²) in [7, 11) is 1.69. The Bertz CT molecular complexity index is 403. The summed E-state index contributed by atoms with van der Waals surface area (Å²) in [5, 5.41) is 9.48. The van der Waals surface area contributed by atoms with Crippen LogP contribution in [0.4, 0.5) is 0 Å². The fraction of sp³-hybridized carbons (Fsp3) is 0.545. The molecule has 0 aliphatic carbocycles. The quantitative estimate of drug-likeness (QED) is 0.833. The van der Waals surface area contributed by atoms with Crippen molar-refractivity contribution in [2.24, 2.45) is 0 Å². The van der Waals surface area contributed by atoms with E-state index >= 15 is 0 Å². The van der Waals surface area contributed by atoms with Crippen LogP contribution in [0.5, 0.6) is 0 Å². The Balaban J connectivity index is 2.31. The first-order valence-corrected chi connectivity index (χ1v) is 6.17. The SMILES string of the molecule is Cc1cnc(CCN(C)C(=O)CCC(=O)O)s1. The molecule has 0 spiro atoms. The van der Waals surface area contributed by atoms with Crippen molar-refractivity contribution < 1.29 is 14.7 Å². The van der Waals surface area contributed by atoms with Gasteiger partial charge in [0.1, 0.15) is 0 Å². The van der Waals surface area contributed by atoms with Crippen LogP contribution in [0.25, 0.3) is 0 Å². The normalized spacial score (nSPS) is 10.2. The van der Waals surface area contributed by atoms with Gasteiger partial charge in [0.05, 0.1) is 11.4 Å². The molecule has 1 rings (SSSR count). The van der Waals surface area contributed by atoms with Crippen LogP contribution in [0.15, 0.2) is 6.20 Å². The fourth-order valence-corrected chi connectivity index (χ4v) is 2.09. The smallest absolute Gasteiger partial charge is 0.303 e. The van der Waals surface area contributed by atoms with Gasteiger partial charge in [-0.05, 0) is 6.92 Å². The van der Waals surface area contributed by atoms with Gasteiger partial charge in [-0.2, -0.15) is 0 Å². The number of carbonyl (C=O) groups is 2. The molecule has 0 unspecified atom stereocenters. The van der Waals surface area contributed by atoms with Gasteiger partial charge >= 0.3 is 5.97 Å². The monoisotopic (exact) mass is 256 g/mol. The molecule has 1 aromatic rings. The standard InChI is InChI=1S/C11H16N2O3S/c1-8-7-12-9(17-8)5-6-13(2)10(14)3-4-11(15)16/h7H,3-6H2,1-2H3,(H,15,16). The van der Waals surface area contributed by atoms with Crippen molar-refractivity contribution in [3.05, 3.63) is 16.1 Å². The maximum Gasteiger partial charge on any atom is 0.303 e. The van der Waals surface area contributed by atoms with E-state index in [0.29, 0.717) is 13.0 Å². The number of rotatable bonds is 6. The lowest BCUT2D eigenvalue weighted by molar-refractivity contribution is -0.140. The molecule has 0 atom stereocenters. The topological polar surface area (TPSA) is 70.5 Å². The van der Waals surface area contributed by atoms with E-state index in [-0.39, 0.29) is 18.7 Å². The summed E-state index contributed by atoms with van der Waals surface area (Å²) >= 11 is 1.62. The number of carboxylic acids is 1. The molecule has 1 N–H and O–H groups in total. The first kappa shape index (κ1) is 13.6. The zero-order chi connectivity index (χ0) is 12.8. The Morgan fingerprint density at radius 2 is 2.18 bits per heavy atom. The van der Waals surface area contributed by atoms with Crippen LogP contribution in [0, 0.1) is 6.92 Å². The Hall–Kier alpha value is -1.43. The number of aromatic nitrogens is 1. The number of aryl methyl sites for hydroxylation is 1. The Labute approximate surface area is 104 Å². The minimum atomic E-state index is -0.942. The molecule has 0 fully saturated rings. The first-order chi connectivity index (χ1) is 7.99. The zero-order valence-corrected chi connectivity index (χ0v) is 10.8. The highest BCUT2D eigenvalue weighted by Gasteiger charge is 2.11. The van der Waals surface area contributed by atoms with Gasteiger partial charge in [0.25, 0.3) is 0 Å². The second kappa shape index (κ2) is 6.34. The second-order valence-corrected chi connectivity index (χ2v) is 5.14. The molecule has 5 nitrogen and oxygen atoms in total. The molecule has 1 amide bonds. The number of likely N-dealkylation sites (N-methyl/N-ethyl adjacent to an activating group) is 1. The maximum atomic E-state index is 11.5. The molecule has 0 saturated carbocycles. The number of nitrogens with zero attached hydrogens (tertiary/aromatic N) is 2. The highest BCUT2D eigenvalue weighted by molar-refractivity contribution is 7.11. The van der Waals surface area contributed by atoms with Crippen molar-refractivity contribution in [2.45, 2.75) is 26.2 Å². The maximum absolute atomic E-state index is 11.5. The lowest BCUT2D eigenvalue weighted by atomic mass is 10.3. The minimum Gasteiger partial charge on any atom is -0.481 e. The van der Waals surface area contributed by atoms with E-state index in [1.807, 2.05) is 13.1 Å². The van der Waals surface area contributed by atoms with Gasteiger partial charge in [0, 0.05) is 37.5 Å². The third-order valence-electron chi connectivity index (χ3n) is 2.31. The average molecular weight is 256 g/mol. The molecule has 0 aliphatic rings. The largest absolute Gasteiger partial charge is 0.481 e. The van der Waals surface area contributed by atoms with Crippen molar-refractivity contribution in [3.63, 3.8) is 0 Å². The summed E-state index contributed by atoms with van der Waals surface area (Å²) < 4.78 is 0. The number of thiazole rings is 1. The summed E-state index contributed by atoms with van der Waals surface area (Å²) in [5.74, 6) is -1.08. The number of carbonyl (C=O) groups excluding carboxylic acids is 1. The van der Waals surface area contributed by atoms with Crippen molar-refractivity contribution in [3.8, 4) is 0 Å². The van der Waals surface area contributed by atoms with Crippen LogP contribution in [0.2, 0.25) is 0 Å². The summed E-state index contributed by atoms with van der Waals surface area (Å²) in [6, 6.07) is 0. The van der Waals surface area contributed by atoms with Crippen LogP contribution >= 0.6 is 11.3 Å². The number of hydrogen-bond donors (Lipinski definition) is 1. The third-order valence-corrected chi connectivity index (χ3v) is 3.28. The van der Waals surface area contributed by atoms with Gasteiger partial charge in [-0.15, -0.1) is 11.3 Å². The van der Waals surface area contributed by atoms with Crippen molar-refractivity contribution in [2.75, 3.05) is 13.6 Å². The van der Waals surface area contributed by atoms with E-state index in [1.165, 1.54) is 0 Å². The van der Waals surface area contributed by atoms with Crippen LogP contribution in [-0.4, -0.2) is 40.5 Å². The van der Waals surface area contributed by atoms with Crippen molar-refractivity contribution in [1.82, 2.24) is 9.88 Å². The molecule has 0 aliphatic heterocycles. The molecule has 0 radical (unpaired) electrons. The third kappa shape index (κ3) is 4.95. The molecule has 1 aromatic heterocycles. The van der Waals surface area contributed by atoms with Gasteiger partial charge in [0.15, 0.2) is 0 Å². The molecule has 17 heavy (non-hydrogen) atoms. The zero-order valence-electron chi connectivity index (χ0n) is 9.97. The Kier molecular flexibility index (Phi) is 5.09. The van der Waals surface area contributed by atoms with Gasteiger partial charge in [-0.3, -0.25) is 9.59 Å². The molecule has 1 heterocycles. The van der Waals surface area contributed by atoms with Gasteiger partial charge in [-0.1, -0.05) is 0 Å². The number of aliphatic carboxylic acids is 1. The summed E-state index contributed by atoms with van der Waals surface area (Å²) in [4.78, 5) is 28.8. The van der Waals surface area contributed by atoms with E-state index in [0.717, 1.165) is 9.88 Å². The minimum absolute atomic E-state index is 0.0583. The summed E-state index contributed by atoms with van der Waals surface area (Å²) in [6.45, 7) is 2.56. The number of amides is 1. The van der Waals surface area contributed by atoms with E-state index in [2.05, 4.69) is 4.98 Å². The Morgan fingerprint density at radius 3 is 2.71 bits per heavy atom. The van der Waals surface area contributed by atoms with Gasteiger partial charge in [-0.25, -0.2) is 4.98 Å². The van der Waals surface area contributed by atoms with E-state index in [4.69, 9.17) is 5.11 Å². The molecule has 94 valence electrons. The summed E-state index contributed by atoms with van der Waals surface area (Å²) in [5.41, 5.74) is 0. The van der Waals surface area contributed by atoms with Gasteiger partial charge in [0.2, 0.25) is 5.91 Å². The number of hydrogen-bond acceptors (Lipinski definition) is 4. The van der Waals surface area contributed by atoms with Crippen LogP contribution in [-0.2, 0) is 16.0 Å². The molecular weight excluding hydrogens is 240 g/mol.